The lowest BCUT2D eigenvalue weighted by atomic mass is 10.2. The van der Waals surface area contributed by atoms with E-state index >= 15 is 0 Å². The van der Waals surface area contributed by atoms with E-state index < -0.39 is 0 Å². The number of carbonyl (C=O) groups is 1. The van der Waals surface area contributed by atoms with Crippen LogP contribution in [0.15, 0.2) is 6.07 Å². The van der Waals surface area contributed by atoms with Crippen molar-refractivity contribution in [2.45, 2.75) is 13.3 Å². The van der Waals surface area contributed by atoms with Crippen LogP contribution < -0.4 is 5.32 Å². The Labute approximate surface area is 83.7 Å². The van der Waals surface area contributed by atoms with Gasteiger partial charge in [0.05, 0.1) is 7.11 Å². The summed E-state index contributed by atoms with van der Waals surface area (Å²) in [7, 11) is 3.28. The Kier molecular flexibility index (Phi) is 3.71. The molecule has 1 rings (SSSR count). The molecule has 14 heavy (non-hydrogen) atoms. The number of H-pyrrole nitrogens is 1. The maximum Gasteiger partial charge on any atom is 0.354 e. The monoisotopic (exact) mass is 196 g/mol. The lowest BCUT2D eigenvalue weighted by molar-refractivity contribution is 0.0594. The van der Waals surface area contributed by atoms with Gasteiger partial charge in [-0.15, -0.1) is 0 Å². The van der Waals surface area contributed by atoms with Crippen LogP contribution in [-0.2, 0) is 11.2 Å². The number of nitrogens with one attached hydrogen (secondary N) is 2. The minimum atomic E-state index is -0.316. The van der Waals surface area contributed by atoms with Crippen LogP contribution >= 0.6 is 0 Å². The highest BCUT2D eigenvalue weighted by atomic mass is 16.5. The van der Waals surface area contributed by atoms with E-state index in [1.54, 1.807) is 0 Å². The Balaban J connectivity index is 2.76. The third-order valence-corrected chi connectivity index (χ3v) is 2.15. The molecular formula is C10H16N2O2. The van der Waals surface area contributed by atoms with Gasteiger partial charge in [-0.3, -0.25) is 0 Å². The lowest BCUT2D eigenvalue weighted by Crippen LogP contribution is -2.11. The fraction of sp³-hybridized carbons (Fsp3) is 0.500. The van der Waals surface area contributed by atoms with E-state index in [0.29, 0.717) is 5.69 Å². The summed E-state index contributed by atoms with van der Waals surface area (Å²) in [5.74, 6) is -0.316. The highest BCUT2D eigenvalue weighted by molar-refractivity contribution is 5.87. The standard InChI is InChI=1S/C10H16N2O2/c1-7-6-9(10(13)14-3)12-8(7)4-5-11-2/h6,11-12H,4-5H2,1-3H3. The first-order valence-corrected chi connectivity index (χ1v) is 4.60. The van der Waals surface area contributed by atoms with Crippen molar-refractivity contribution in [3.05, 3.63) is 23.0 Å². The molecule has 0 fully saturated rings. The number of esters is 1. The van der Waals surface area contributed by atoms with Gasteiger partial charge in [0.25, 0.3) is 0 Å². The third kappa shape index (κ3) is 2.35. The Hall–Kier alpha value is -1.29. The third-order valence-electron chi connectivity index (χ3n) is 2.15. The number of hydrogen-bond acceptors (Lipinski definition) is 3. The van der Waals surface area contributed by atoms with E-state index in [-0.39, 0.29) is 5.97 Å². The van der Waals surface area contributed by atoms with E-state index in [9.17, 15) is 4.79 Å². The molecule has 0 spiro atoms. The molecule has 4 nitrogen and oxygen atoms in total. The molecule has 0 aromatic carbocycles. The van der Waals surface area contributed by atoms with Crippen molar-refractivity contribution in [1.82, 2.24) is 10.3 Å². The minimum absolute atomic E-state index is 0.316. The maximum atomic E-state index is 11.2. The number of ether oxygens (including phenoxy) is 1. The normalized spacial score (nSPS) is 10.2. The lowest BCUT2D eigenvalue weighted by Gasteiger charge is -1.98. The first-order chi connectivity index (χ1) is 6.69. The van der Waals surface area contributed by atoms with Crippen molar-refractivity contribution in [2.75, 3.05) is 20.7 Å². The van der Waals surface area contributed by atoms with Crippen molar-refractivity contribution in [2.24, 2.45) is 0 Å². The van der Waals surface area contributed by atoms with Gasteiger partial charge in [0.2, 0.25) is 0 Å². The van der Waals surface area contributed by atoms with Gasteiger partial charge in [0.1, 0.15) is 5.69 Å². The molecule has 0 saturated carbocycles. The number of rotatable bonds is 4. The fourth-order valence-corrected chi connectivity index (χ4v) is 1.33. The average Bonchev–Trinajstić information content (AvgIpc) is 2.56. The van der Waals surface area contributed by atoms with E-state index in [2.05, 4.69) is 15.0 Å². The molecule has 0 saturated heterocycles. The number of hydrogen-bond donors (Lipinski definition) is 2. The van der Waals surface area contributed by atoms with Crippen LogP contribution in [0, 0.1) is 6.92 Å². The predicted octanol–water partition coefficient (Wildman–Crippen LogP) is 0.872. The molecule has 4 heteroatoms. The Morgan fingerprint density at radius 3 is 2.93 bits per heavy atom. The van der Waals surface area contributed by atoms with E-state index in [4.69, 9.17) is 0 Å². The fourth-order valence-electron chi connectivity index (χ4n) is 1.33. The number of likely N-dealkylation sites (N-methyl/N-ethyl adjacent to an activating group) is 1. The molecule has 0 aliphatic carbocycles. The molecular weight excluding hydrogens is 180 g/mol. The zero-order valence-electron chi connectivity index (χ0n) is 8.81. The summed E-state index contributed by atoms with van der Waals surface area (Å²) in [5.41, 5.74) is 2.71. The Morgan fingerprint density at radius 2 is 2.36 bits per heavy atom. The van der Waals surface area contributed by atoms with E-state index in [0.717, 1.165) is 24.2 Å². The topological polar surface area (TPSA) is 54.1 Å². The molecule has 0 atom stereocenters. The van der Waals surface area contributed by atoms with Crippen molar-refractivity contribution >= 4 is 5.97 Å². The first kappa shape index (κ1) is 10.8. The molecule has 0 radical (unpaired) electrons. The van der Waals surface area contributed by atoms with Crippen LogP contribution in [-0.4, -0.2) is 31.7 Å². The number of aryl methyl sites for hydroxylation is 1. The largest absolute Gasteiger partial charge is 0.464 e. The number of methoxy groups -OCH3 is 1. The second-order valence-corrected chi connectivity index (χ2v) is 3.19. The van der Waals surface area contributed by atoms with Gasteiger partial charge in [0.15, 0.2) is 0 Å². The molecule has 1 heterocycles. The number of aromatic nitrogens is 1. The van der Waals surface area contributed by atoms with Crippen LogP contribution in [0.1, 0.15) is 21.7 Å². The summed E-state index contributed by atoms with van der Waals surface area (Å²) >= 11 is 0. The van der Waals surface area contributed by atoms with Gasteiger partial charge in [-0.1, -0.05) is 0 Å². The molecule has 0 unspecified atom stereocenters. The zero-order chi connectivity index (χ0) is 10.6. The van der Waals surface area contributed by atoms with Crippen molar-refractivity contribution < 1.29 is 9.53 Å². The van der Waals surface area contributed by atoms with Gasteiger partial charge >= 0.3 is 5.97 Å². The summed E-state index contributed by atoms with van der Waals surface area (Å²) in [5, 5.41) is 3.06. The van der Waals surface area contributed by atoms with Crippen LogP contribution in [0.25, 0.3) is 0 Å². The highest BCUT2D eigenvalue weighted by Gasteiger charge is 2.10. The smallest absolute Gasteiger partial charge is 0.354 e. The molecule has 2 N–H and O–H groups in total. The quantitative estimate of drug-likeness (QED) is 0.703. The molecule has 78 valence electrons. The number of carbonyl (C=O) groups excluding carboxylic acids is 1. The second kappa shape index (κ2) is 4.81. The Morgan fingerprint density at radius 1 is 1.64 bits per heavy atom. The molecule has 0 amide bonds. The predicted molar refractivity (Wildman–Crippen MR) is 54.5 cm³/mol. The van der Waals surface area contributed by atoms with Gasteiger partial charge in [-0.2, -0.15) is 0 Å². The number of aromatic amines is 1. The summed E-state index contributed by atoms with van der Waals surface area (Å²) in [6.45, 7) is 2.87. The summed E-state index contributed by atoms with van der Waals surface area (Å²) in [4.78, 5) is 14.2. The van der Waals surface area contributed by atoms with Crippen molar-refractivity contribution in [1.29, 1.82) is 0 Å². The van der Waals surface area contributed by atoms with Crippen LogP contribution in [0.5, 0.6) is 0 Å². The Bertz CT molecular complexity index is 318. The zero-order valence-corrected chi connectivity index (χ0v) is 8.81. The average molecular weight is 196 g/mol. The van der Waals surface area contributed by atoms with Gasteiger partial charge in [-0.05, 0) is 25.6 Å². The van der Waals surface area contributed by atoms with Crippen molar-refractivity contribution in [3.63, 3.8) is 0 Å². The molecule has 0 aliphatic rings. The van der Waals surface area contributed by atoms with E-state index in [1.165, 1.54) is 7.11 Å². The highest BCUT2D eigenvalue weighted by Crippen LogP contribution is 2.10. The second-order valence-electron chi connectivity index (χ2n) is 3.19. The molecule has 0 bridgehead atoms. The SMILES string of the molecule is CNCCc1[nH]c(C(=O)OC)cc1C. The van der Waals surface area contributed by atoms with Crippen LogP contribution in [0.2, 0.25) is 0 Å². The molecule has 1 aromatic heterocycles. The van der Waals surface area contributed by atoms with Crippen LogP contribution in [0.3, 0.4) is 0 Å². The molecule has 0 aliphatic heterocycles. The van der Waals surface area contributed by atoms with Gasteiger partial charge < -0.3 is 15.0 Å². The van der Waals surface area contributed by atoms with Crippen molar-refractivity contribution in [3.8, 4) is 0 Å². The van der Waals surface area contributed by atoms with E-state index in [1.807, 2.05) is 20.0 Å². The first-order valence-electron chi connectivity index (χ1n) is 4.60. The van der Waals surface area contributed by atoms with Gasteiger partial charge in [-0.25, -0.2) is 4.79 Å². The minimum Gasteiger partial charge on any atom is -0.464 e. The summed E-state index contributed by atoms with van der Waals surface area (Å²) < 4.78 is 4.62. The molecule has 1 aromatic rings. The summed E-state index contributed by atoms with van der Waals surface area (Å²) in [6.07, 6.45) is 0.888. The van der Waals surface area contributed by atoms with Crippen LogP contribution in [0.4, 0.5) is 0 Å². The van der Waals surface area contributed by atoms with Gasteiger partial charge in [0, 0.05) is 18.7 Å². The summed E-state index contributed by atoms with van der Waals surface area (Å²) in [6, 6.07) is 1.82. The maximum absolute atomic E-state index is 11.2.